The first-order valence-corrected chi connectivity index (χ1v) is 5.99. The molecular formula is C14H13FLiN3O2. The van der Waals surface area contributed by atoms with E-state index in [1.165, 1.54) is 12.1 Å². The summed E-state index contributed by atoms with van der Waals surface area (Å²) in [5, 5.41) is 17.3. The molecule has 0 unspecified atom stereocenters. The molecule has 5 nitrogen and oxygen atoms in total. The maximum Gasteiger partial charge on any atom is 1.00 e. The van der Waals surface area contributed by atoms with Crippen molar-refractivity contribution < 1.29 is 34.6 Å². The van der Waals surface area contributed by atoms with Gasteiger partial charge in [0.2, 0.25) is 0 Å². The van der Waals surface area contributed by atoms with Crippen molar-refractivity contribution in [3.8, 4) is 6.07 Å². The Morgan fingerprint density at radius 3 is 2.90 bits per heavy atom. The molecule has 104 valence electrons. The molecule has 0 aliphatic heterocycles. The summed E-state index contributed by atoms with van der Waals surface area (Å²) in [7, 11) is 0. The van der Waals surface area contributed by atoms with Crippen molar-refractivity contribution in [3.05, 3.63) is 53.4 Å². The van der Waals surface area contributed by atoms with Gasteiger partial charge in [0.05, 0.1) is 18.3 Å². The summed E-state index contributed by atoms with van der Waals surface area (Å²) in [5.74, 6) is -1.43. The Balaban J connectivity index is 0.00000220. The van der Waals surface area contributed by atoms with E-state index in [0.717, 1.165) is 5.69 Å². The molecule has 0 spiro atoms. The maximum absolute atomic E-state index is 13.5. The zero-order valence-corrected chi connectivity index (χ0v) is 11.6. The summed E-state index contributed by atoms with van der Waals surface area (Å²) in [6.45, 7) is 0.386. The summed E-state index contributed by atoms with van der Waals surface area (Å²) in [4.78, 5) is 14.5. The van der Waals surface area contributed by atoms with E-state index in [1.54, 1.807) is 29.2 Å². The molecule has 0 radical (unpaired) electrons. The number of aliphatic carboxylic acids is 1. The van der Waals surface area contributed by atoms with Crippen molar-refractivity contribution in [2.75, 3.05) is 0 Å². The van der Waals surface area contributed by atoms with Crippen molar-refractivity contribution in [1.82, 2.24) is 9.55 Å². The van der Waals surface area contributed by atoms with Crippen LogP contribution in [0.4, 0.5) is 4.39 Å². The number of carboxylic acid groups (broad SMARTS) is 1. The Morgan fingerprint density at radius 1 is 1.52 bits per heavy atom. The molecule has 1 aromatic heterocycles. The van der Waals surface area contributed by atoms with Gasteiger partial charge in [-0.1, -0.05) is 6.07 Å². The number of halogens is 1. The van der Waals surface area contributed by atoms with Gasteiger partial charge in [-0.05, 0) is 24.1 Å². The van der Waals surface area contributed by atoms with Gasteiger partial charge in [0.15, 0.2) is 0 Å². The molecule has 7 heteroatoms. The molecule has 0 fully saturated rings. The molecule has 0 amide bonds. The quantitative estimate of drug-likeness (QED) is 0.719. The van der Waals surface area contributed by atoms with Crippen LogP contribution in [0, 0.1) is 17.1 Å². The third-order valence-corrected chi connectivity index (χ3v) is 2.90. The predicted octanol–water partition coefficient (Wildman–Crippen LogP) is -0.924. The van der Waals surface area contributed by atoms with Crippen LogP contribution in [0.5, 0.6) is 0 Å². The molecule has 2 aromatic rings. The summed E-state index contributed by atoms with van der Waals surface area (Å²) in [5.41, 5.74) is 1.47. The van der Waals surface area contributed by atoms with Gasteiger partial charge in [0.1, 0.15) is 11.9 Å². The number of aryl methyl sites for hydroxylation is 1. The minimum atomic E-state index is -0.873. The Hall–Kier alpha value is -2.08. The molecule has 0 aliphatic carbocycles. The first-order chi connectivity index (χ1) is 9.60. The average Bonchev–Trinajstić information content (AvgIpc) is 2.84. The van der Waals surface area contributed by atoms with Gasteiger partial charge in [-0.3, -0.25) is 4.79 Å². The molecule has 1 N–H and O–H groups in total. The number of nitriles is 1. The summed E-state index contributed by atoms with van der Waals surface area (Å²) < 4.78 is 15.3. The van der Waals surface area contributed by atoms with Crippen molar-refractivity contribution in [3.63, 3.8) is 0 Å². The van der Waals surface area contributed by atoms with Crippen LogP contribution in [0.2, 0.25) is 0 Å². The van der Waals surface area contributed by atoms with Crippen LogP contribution < -0.4 is 18.9 Å². The standard InChI is InChI=1S/C14H12FN3O2.Li.H/c15-13-5-10(1-2-11(13)6-16)8-18-9-17-7-12(18)3-4-14(19)20;;/h1-2,5,7,9H,3-4,8H2,(H,19,20);;/q;+1;-1. The van der Waals surface area contributed by atoms with Gasteiger partial charge in [-0.15, -0.1) is 0 Å². The van der Waals surface area contributed by atoms with Crippen molar-refractivity contribution in [1.29, 1.82) is 5.26 Å². The Kier molecular flexibility index (Phi) is 6.17. The second-order valence-electron chi connectivity index (χ2n) is 4.33. The molecule has 0 bridgehead atoms. The number of hydrogen-bond acceptors (Lipinski definition) is 3. The Morgan fingerprint density at radius 2 is 2.29 bits per heavy atom. The first-order valence-electron chi connectivity index (χ1n) is 5.99. The van der Waals surface area contributed by atoms with E-state index in [0.29, 0.717) is 18.5 Å². The number of nitrogens with zero attached hydrogens (tertiary/aromatic N) is 3. The minimum absolute atomic E-state index is 0. The van der Waals surface area contributed by atoms with E-state index in [4.69, 9.17) is 10.4 Å². The molecule has 0 saturated carbocycles. The molecule has 1 aromatic carbocycles. The molecular weight excluding hydrogens is 268 g/mol. The number of carbonyl (C=O) groups is 1. The second kappa shape index (κ2) is 7.63. The third-order valence-electron chi connectivity index (χ3n) is 2.90. The smallest absolute Gasteiger partial charge is 1.00 e. The molecule has 2 rings (SSSR count). The molecule has 21 heavy (non-hydrogen) atoms. The van der Waals surface area contributed by atoms with Crippen LogP contribution in [0.1, 0.15) is 24.7 Å². The molecule has 0 saturated heterocycles. The topological polar surface area (TPSA) is 78.9 Å². The van der Waals surface area contributed by atoms with Crippen LogP contribution in [0.15, 0.2) is 30.7 Å². The number of aromatic nitrogens is 2. The van der Waals surface area contributed by atoms with E-state index in [1.807, 2.05) is 0 Å². The van der Waals surface area contributed by atoms with Crippen molar-refractivity contribution in [2.45, 2.75) is 19.4 Å². The predicted molar refractivity (Wildman–Crippen MR) is 69.5 cm³/mol. The third kappa shape index (κ3) is 4.46. The van der Waals surface area contributed by atoms with E-state index < -0.39 is 11.8 Å². The summed E-state index contributed by atoms with van der Waals surface area (Å²) in [6, 6.07) is 6.17. The molecule has 0 atom stereocenters. The van der Waals surface area contributed by atoms with Gasteiger partial charge >= 0.3 is 24.8 Å². The number of carboxylic acids is 1. The summed E-state index contributed by atoms with van der Waals surface area (Å²) >= 11 is 0. The number of rotatable bonds is 5. The zero-order chi connectivity index (χ0) is 14.5. The van der Waals surface area contributed by atoms with Crippen LogP contribution in [0.3, 0.4) is 0 Å². The molecule has 1 heterocycles. The first kappa shape index (κ1) is 17.0. The number of imidazole rings is 1. The Labute approximate surface area is 134 Å². The van der Waals surface area contributed by atoms with Gasteiger partial charge in [0.25, 0.3) is 0 Å². The fraction of sp³-hybridized carbons (Fsp3) is 0.214. The van der Waals surface area contributed by atoms with Crippen LogP contribution in [-0.2, 0) is 17.8 Å². The fourth-order valence-corrected chi connectivity index (χ4v) is 1.88. The summed E-state index contributed by atoms with van der Waals surface area (Å²) in [6.07, 6.45) is 3.57. The fourth-order valence-electron chi connectivity index (χ4n) is 1.88. The van der Waals surface area contributed by atoms with Crippen LogP contribution in [0.25, 0.3) is 0 Å². The Bertz CT molecular complexity index is 685. The van der Waals surface area contributed by atoms with E-state index in [-0.39, 0.29) is 32.3 Å². The molecule has 0 aliphatic rings. The van der Waals surface area contributed by atoms with Crippen molar-refractivity contribution in [2.24, 2.45) is 0 Å². The minimum Gasteiger partial charge on any atom is -1.00 e. The van der Waals surface area contributed by atoms with Gasteiger partial charge < -0.3 is 11.1 Å². The normalized spacial score (nSPS) is 9.71. The average molecular weight is 281 g/mol. The zero-order valence-electron chi connectivity index (χ0n) is 12.6. The number of hydrogen-bond donors (Lipinski definition) is 1. The largest absolute Gasteiger partial charge is 1.00 e. The second-order valence-corrected chi connectivity index (χ2v) is 4.33. The van der Waals surface area contributed by atoms with E-state index >= 15 is 0 Å². The van der Waals surface area contributed by atoms with Crippen molar-refractivity contribution >= 4 is 5.97 Å². The van der Waals surface area contributed by atoms with Gasteiger partial charge in [-0.25, -0.2) is 9.37 Å². The monoisotopic (exact) mass is 281 g/mol. The van der Waals surface area contributed by atoms with Crippen LogP contribution >= 0.6 is 0 Å². The SMILES string of the molecule is N#Cc1ccc(Cn2cncc2CCC(=O)O)cc1F.[H-].[Li+]. The van der Waals surface area contributed by atoms with Gasteiger partial charge in [0, 0.05) is 18.4 Å². The van der Waals surface area contributed by atoms with E-state index in [9.17, 15) is 9.18 Å². The van der Waals surface area contributed by atoms with Crippen LogP contribution in [-0.4, -0.2) is 20.6 Å². The van der Waals surface area contributed by atoms with Gasteiger partial charge in [-0.2, -0.15) is 5.26 Å². The maximum atomic E-state index is 13.5. The number of benzene rings is 1. The van der Waals surface area contributed by atoms with E-state index in [2.05, 4.69) is 4.98 Å².